The molecule has 0 unspecified atom stereocenters. The van der Waals surface area contributed by atoms with Crippen LogP contribution in [0.4, 0.5) is 13.2 Å². The zero-order valence-corrected chi connectivity index (χ0v) is 7.26. The number of hydrogen-bond donors (Lipinski definition) is 2. The van der Waals surface area contributed by atoms with Gasteiger partial charge in [-0.3, -0.25) is 5.41 Å². The van der Waals surface area contributed by atoms with Crippen molar-refractivity contribution in [1.29, 1.82) is 5.41 Å². The minimum Gasteiger partial charge on any atom is -0.296 e. The van der Waals surface area contributed by atoms with Crippen LogP contribution < -0.4 is 0 Å². The van der Waals surface area contributed by atoms with E-state index in [-0.39, 0.29) is 11.1 Å². The van der Waals surface area contributed by atoms with Crippen molar-refractivity contribution in [3.63, 3.8) is 0 Å². The first-order valence-corrected chi connectivity index (χ1v) is 3.96. The molecule has 1 heterocycles. The van der Waals surface area contributed by atoms with Crippen LogP contribution in [0.3, 0.4) is 0 Å². The number of aromatic nitrogens is 3. The number of para-hydroxylation sites is 1. The molecule has 2 N–H and O–H groups in total. The van der Waals surface area contributed by atoms with Gasteiger partial charge in [-0.1, -0.05) is 12.1 Å². The fraction of sp³-hybridized carbons (Fsp3) is 0.125. The Balaban J connectivity index is 2.62. The average molecular weight is 214 g/mol. The number of aromatic amines is 1. The second-order valence-corrected chi connectivity index (χ2v) is 2.87. The quantitative estimate of drug-likeness (QED) is 0.712. The third-order valence-corrected chi connectivity index (χ3v) is 1.90. The molecule has 1 aromatic carbocycles. The first kappa shape index (κ1) is 9.63. The van der Waals surface area contributed by atoms with Crippen LogP contribution in [0.25, 0.3) is 11.0 Å². The van der Waals surface area contributed by atoms with Crippen molar-refractivity contribution in [2.24, 2.45) is 0 Å². The Labute approximate surface area is 81.6 Å². The molecule has 0 saturated carbocycles. The van der Waals surface area contributed by atoms with Gasteiger partial charge in [-0.05, 0) is 6.07 Å². The Morgan fingerprint density at radius 2 is 2.00 bits per heavy atom. The molecule has 0 amide bonds. The van der Waals surface area contributed by atoms with Gasteiger partial charge in [0.2, 0.25) is 0 Å². The number of nitrogens with zero attached hydrogens (tertiary/aromatic N) is 2. The van der Waals surface area contributed by atoms with Crippen LogP contribution >= 0.6 is 0 Å². The minimum atomic E-state index is -4.67. The zero-order chi connectivity index (χ0) is 11.1. The summed E-state index contributed by atoms with van der Waals surface area (Å²) in [5.74, 6) is 0. The van der Waals surface area contributed by atoms with E-state index in [1.807, 2.05) is 0 Å². The third-order valence-electron chi connectivity index (χ3n) is 1.90. The van der Waals surface area contributed by atoms with Crippen molar-refractivity contribution in [2.75, 3.05) is 0 Å². The third kappa shape index (κ3) is 1.56. The van der Waals surface area contributed by atoms with E-state index in [2.05, 4.69) is 15.4 Å². The molecule has 0 spiro atoms. The highest BCUT2D eigenvalue weighted by molar-refractivity contribution is 6.10. The molecular formula is C8H5F3N4. The molecule has 15 heavy (non-hydrogen) atoms. The van der Waals surface area contributed by atoms with E-state index in [1.54, 1.807) is 0 Å². The molecule has 0 aliphatic rings. The van der Waals surface area contributed by atoms with E-state index in [1.165, 1.54) is 18.2 Å². The maximum absolute atomic E-state index is 12.3. The maximum Gasteiger partial charge on any atom is 0.433 e. The number of halogens is 3. The lowest BCUT2D eigenvalue weighted by Crippen LogP contribution is -2.23. The fourth-order valence-corrected chi connectivity index (χ4v) is 1.22. The molecule has 2 rings (SSSR count). The Hall–Kier alpha value is -1.92. The molecule has 0 radical (unpaired) electrons. The van der Waals surface area contributed by atoms with Gasteiger partial charge in [-0.15, -0.1) is 0 Å². The van der Waals surface area contributed by atoms with E-state index >= 15 is 0 Å². The molecule has 0 aliphatic carbocycles. The Morgan fingerprint density at radius 3 is 2.67 bits per heavy atom. The largest absolute Gasteiger partial charge is 0.433 e. The van der Waals surface area contributed by atoms with Crippen molar-refractivity contribution in [3.8, 4) is 0 Å². The van der Waals surface area contributed by atoms with E-state index in [0.717, 1.165) is 0 Å². The molecule has 1 aromatic heterocycles. The lowest BCUT2D eigenvalue weighted by atomic mass is 10.1. The second-order valence-electron chi connectivity index (χ2n) is 2.87. The van der Waals surface area contributed by atoms with E-state index in [9.17, 15) is 13.2 Å². The minimum absolute atomic E-state index is 0.0554. The summed E-state index contributed by atoms with van der Waals surface area (Å²) in [6.07, 6.45) is -4.67. The fourth-order valence-electron chi connectivity index (χ4n) is 1.22. The molecule has 0 atom stereocenters. The predicted octanol–water partition coefficient (Wildman–Crippen LogP) is 1.89. The summed E-state index contributed by atoms with van der Waals surface area (Å²) in [6, 6.07) is 4.12. The van der Waals surface area contributed by atoms with Crippen LogP contribution in [0.15, 0.2) is 18.2 Å². The SMILES string of the molecule is N=C(c1cccc2n[nH]nc12)C(F)(F)F. The standard InChI is InChI=1S/C8H5F3N4/c9-8(10,11)7(12)4-2-1-3-5-6(4)14-15-13-5/h1-3,12H,(H,13,14,15). The molecule has 0 aliphatic heterocycles. The van der Waals surface area contributed by atoms with Gasteiger partial charge in [-0.2, -0.15) is 28.6 Å². The second kappa shape index (κ2) is 3.04. The molecule has 4 nitrogen and oxygen atoms in total. The van der Waals surface area contributed by atoms with E-state index < -0.39 is 11.9 Å². The first-order chi connectivity index (χ1) is 7.00. The van der Waals surface area contributed by atoms with Gasteiger partial charge in [0.1, 0.15) is 16.7 Å². The van der Waals surface area contributed by atoms with Gasteiger partial charge in [-0.25, -0.2) is 0 Å². The van der Waals surface area contributed by atoms with E-state index in [0.29, 0.717) is 5.52 Å². The summed E-state index contributed by atoms with van der Waals surface area (Å²) < 4.78 is 36.9. The van der Waals surface area contributed by atoms with Gasteiger partial charge < -0.3 is 0 Å². The number of nitrogens with one attached hydrogen (secondary N) is 2. The molecule has 2 aromatic rings. The highest BCUT2D eigenvalue weighted by atomic mass is 19.4. The summed E-state index contributed by atoms with van der Waals surface area (Å²) in [5.41, 5.74) is -1.32. The Kier molecular flexibility index (Phi) is 1.95. The number of fused-ring (bicyclic) bond motifs is 1. The van der Waals surface area contributed by atoms with Crippen LogP contribution in [0, 0.1) is 5.41 Å². The summed E-state index contributed by atoms with van der Waals surface area (Å²) in [5, 5.41) is 16.4. The summed E-state index contributed by atoms with van der Waals surface area (Å²) in [4.78, 5) is 0. The van der Waals surface area contributed by atoms with Crippen molar-refractivity contribution in [3.05, 3.63) is 23.8 Å². The molecule has 0 fully saturated rings. The molecule has 0 bridgehead atoms. The Morgan fingerprint density at radius 1 is 1.27 bits per heavy atom. The van der Waals surface area contributed by atoms with E-state index in [4.69, 9.17) is 5.41 Å². The summed E-state index contributed by atoms with van der Waals surface area (Å²) in [7, 11) is 0. The van der Waals surface area contributed by atoms with Crippen LogP contribution in [0.5, 0.6) is 0 Å². The predicted molar refractivity (Wildman–Crippen MR) is 46.8 cm³/mol. The molecule has 7 heteroatoms. The number of H-pyrrole nitrogens is 1. The lowest BCUT2D eigenvalue weighted by Gasteiger charge is -2.07. The first-order valence-electron chi connectivity index (χ1n) is 3.96. The maximum atomic E-state index is 12.3. The van der Waals surface area contributed by atoms with Crippen LogP contribution in [0.1, 0.15) is 5.56 Å². The van der Waals surface area contributed by atoms with Gasteiger partial charge in [0.25, 0.3) is 0 Å². The van der Waals surface area contributed by atoms with Gasteiger partial charge in [0, 0.05) is 5.56 Å². The molecule has 78 valence electrons. The lowest BCUT2D eigenvalue weighted by molar-refractivity contribution is -0.0587. The molecule has 0 saturated heterocycles. The highest BCUT2D eigenvalue weighted by Gasteiger charge is 2.36. The van der Waals surface area contributed by atoms with Gasteiger partial charge in [0.05, 0.1) is 0 Å². The number of hydrogen-bond acceptors (Lipinski definition) is 3. The summed E-state index contributed by atoms with van der Waals surface area (Å²) >= 11 is 0. The average Bonchev–Trinajstić information content (AvgIpc) is 2.62. The molecular weight excluding hydrogens is 209 g/mol. The topological polar surface area (TPSA) is 65.4 Å². The van der Waals surface area contributed by atoms with Crippen molar-refractivity contribution in [2.45, 2.75) is 6.18 Å². The Bertz CT molecular complexity index is 514. The van der Waals surface area contributed by atoms with Gasteiger partial charge in [0.15, 0.2) is 0 Å². The monoisotopic (exact) mass is 214 g/mol. The van der Waals surface area contributed by atoms with Crippen molar-refractivity contribution >= 4 is 16.7 Å². The smallest absolute Gasteiger partial charge is 0.296 e. The van der Waals surface area contributed by atoms with Crippen molar-refractivity contribution in [1.82, 2.24) is 15.4 Å². The van der Waals surface area contributed by atoms with Crippen molar-refractivity contribution < 1.29 is 13.2 Å². The van der Waals surface area contributed by atoms with Crippen LogP contribution in [0.2, 0.25) is 0 Å². The van der Waals surface area contributed by atoms with Crippen LogP contribution in [-0.2, 0) is 0 Å². The zero-order valence-electron chi connectivity index (χ0n) is 7.26. The highest BCUT2D eigenvalue weighted by Crippen LogP contribution is 2.24. The number of benzene rings is 1. The number of rotatable bonds is 1. The normalized spacial score (nSPS) is 11.9. The summed E-state index contributed by atoms with van der Waals surface area (Å²) in [6.45, 7) is 0. The van der Waals surface area contributed by atoms with Gasteiger partial charge >= 0.3 is 6.18 Å². The van der Waals surface area contributed by atoms with Crippen LogP contribution in [-0.4, -0.2) is 27.3 Å². The number of alkyl halides is 3.